The van der Waals surface area contributed by atoms with E-state index in [2.05, 4.69) is 22.5 Å². The maximum Gasteiger partial charge on any atom is 0.335 e. The number of carbonyl (C=O) groups is 1. The molecule has 1 aromatic heterocycles. The van der Waals surface area contributed by atoms with Gasteiger partial charge in [-0.25, -0.2) is 4.79 Å². The fourth-order valence-electron chi connectivity index (χ4n) is 3.12. The predicted molar refractivity (Wildman–Crippen MR) is 79.1 cm³/mol. The van der Waals surface area contributed by atoms with Crippen LogP contribution in [0.5, 0.6) is 0 Å². The molecule has 1 N–H and O–H groups in total. The number of fused-ring (bicyclic) bond motifs is 1. The van der Waals surface area contributed by atoms with Crippen molar-refractivity contribution in [2.24, 2.45) is 0 Å². The van der Waals surface area contributed by atoms with Crippen molar-refractivity contribution < 1.29 is 9.90 Å². The van der Waals surface area contributed by atoms with Gasteiger partial charge in [-0.3, -0.25) is 4.90 Å². The van der Waals surface area contributed by atoms with E-state index in [1.54, 1.807) is 12.1 Å². The third-order valence-corrected chi connectivity index (χ3v) is 4.14. The van der Waals surface area contributed by atoms with Gasteiger partial charge in [0.25, 0.3) is 0 Å². The summed E-state index contributed by atoms with van der Waals surface area (Å²) in [5, 5.41) is 10.3. The Labute approximate surface area is 118 Å². The molecule has 0 amide bonds. The molecule has 0 aliphatic carbocycles. The number of carboxylic acid groups (broad SMARTS) is 1. The van der Waals surface area contributed by atoms with E-state index in [9.17, 15) is 4.79 Å². The molecule has 1 aromatic carbocycles. The van der Waals surface area contributed by atoms with Crippen molar-refractivity contribution in [2.75, 3.05) is 13.1 Å². The van der Waals surface area contributed by atoms with E-state index in [4.69, 9.17) is 5.11 Å². The smallest absolute Gasteiger partial charge is 0.335 e. The van der Waals surface area contributed by atoms with E-state index >= 15 is 0 Å². The van der Waals surface area contributed by atoms with Crippen LogP contribution in [0.1, 0.15) is 35.8 Å². The lowest BCUT2D eigenvalue weighted by Crippen LogP contribution is -2.20. The second-order valence-electron chi connectivity index (χ2n) is 5.44. The molecule has 3 rings (SSSR count). The second kappa shape index (κ2) is 5.29. The van der Waals surface area contributed by atoms with Crippen LogP contribution in [-0.2, 0) is 13.1 Å². The van der Waals surface area contributed by atoms with Gasteiger partial charge in [0.15, 0.2) is 0 Å². The number of benzene rings is 1. The van der Waals surface area contributed by atoms with Gasteiger partial charge < -0.3 is 9.67 Å². The molecule has 4 nitrogen and oxygen atoms in total. The van der Waals surface area contributed by atoms with Gasteiger partial charge in [0.05, 0.1) is 5.56 Å². The van der Waals surface area contributed by atoms with Crippen molar-refractivity contribution in [1.82, 2.24) is 9.47 Å². The quantitative estimate of drug-likeness (QED) is 0.930. The van der Waals surface area contributed by atoms with Gasteiger partial charge in [-0.15, -0.1) is 0 Å². The lowest BCUT2D eigenvalue weighted by atomic mass is 10.1. The molecule has 4 heteroatoms. The van der Waals surface area contributed by atoms with Crippen LogP contribution in [-0.4, -0.2) is 33.6 Å². The number of aromatic carboxylic acids is 1. The van der Waals surface area contributed by atoms with E-state index in [0.29, 0.717) is 5.56 Å². The molecule has 0 radical (unpaired) electrons. The predicted octanol–water partition coefficient (Wildman–Crippen LogP) is 2.96. The van der Waals surface area contributed by atoms with Crippen LogP contribution in [0.15, 0.2) is 24.3 Å². The summed E-state index contributed by atoms with van der Waals surface area (Å²) in [6.07, 6.45) is 2.57. The first kappa shape index (κ1) is 13.2. The average Bonchev–Trinajstić information content (AvgIpc) is 3.04. The van der Waals surface area contributed by atoms with Gasteiger partial charge in [-0.1, -0.05) is 6.07 Å². The van der Waals surface area contributed by atoms with Crippen molar-refractivity contribution in [3.63, 3.8) is 0 Å². The Morgan fingerprint density at radius 2 is 2.00 bits per heavy atom. The first-order chi connectivity index (χ1) is 9.69. The Kier molecular flexibility index (Phi) is 3.49. The van der Waals surface area contributed by atoms with E-state index < -0.39 is 5.97 Å². The van der Waals surface area contributed by atoms with Crippen molar-refractivity contribution >= 4 is 16.9 Å². The summed E-state index contributed by atoms with van der Waals surface area (Å²) in [6, 6.07) is 7.58. The van der Waals surface area contributed by atoms with Gasteiger partial charge >= 0.3 is 5.97 Å². The summed E-state index contributed by atoms with van der Waals surface area (Å²) < 4.78 is 2.24. The molecular weight excluding hydrogens is 252 g/mol. The zero-order valence-electron chi connectivity index (χ0n) is 11.8. The van der Waals surface area contributed by atoms with E-state index in [0.717, 1.165) is 24.0 Å². The Hall–Kier alpha value is -1.81. The summed E-state index contributed by atoms with van der Waals surface area (Å²) in [5.74, 6) is -0.864. The lowest BCUT2D eigenvalue weighted by molar-refractivity contribution is 0.0697. The summed E-state index contributed by atoms with van der Waals surface area (Å²) >= 11 is 0. The Bertz CT molecular complexity index is 639. The van der Waals surface area contributed by atoms with Gasteiger partial charge in [-0.05, 0) is 56.4 Å². The number of carboxylic acids is 1. The summed E-state index contributed by atoms with van der Waals surface area (Å²) in [5.41, 5.74) is 2.67. The van der Waals surface area contributed by atoms with Gasteiger partial charge in [0.2, 0.25) is 0 Å². The zero-order chi connectivity index (χ0) is 14.1. The van der Waals surface area contributed by atoms with E-state index in [1.165, 1.54) is 31.6 Å². The van der Waals surface area contributed by atoms with Crippen LogP contribution >= 0.6 is 0 Å². The third-order valence-electron chi connectivity index (χ3n) is 4.14. The number of aromatic nitrogens is 1. The highest BCUT2D eigenvalue weighted by molar-refractivity contribution is 5.93. The number of likely N-dealkylation sites (tertiary alicyclic amines) is 1. The maximum atomic E-state index is 11.1. The highest BCUT2D eigenvalue weighted by Gasteiger charge is 2.16. The van der Waals surface area contributed by atoms with Crippen molar-refractivity contribution in [3.05, 3.63) is 35.5 Å². The number of nitrogens with zero attached hydrogens (tertiary/aromatic N) is 2. The summed E-state index contributed by atoms with van der Waals surface area (Å²) in [4.78, 5) is 13.6. The topological polar surface area (TPSA) is 45.5 Å². The lowest BCUT2D eigenvalue weighted by Gasteiger charge is -2.16. The van der Waals surface area contributed by atoms with Crippen molar-refractivity contribution in [3.8, 4) is 0 Å². The van der Waals surface area contributed by atoms with Crippen LogP contribution in [0.25, 0.3) is 10.9 Å². The van der Waals surface area contributed by atoms with Crippen LogP contribution in [0, 0.1) is 0 Å². The second-order valence-corrected chi connectivity index (χ2v) is 5.44. The molecular formula is C16H20N2O2. The minimum absolute atomic E-state index is 0.359. The molecule has 0 saturated carbocycles. The molecule has 2 aromatic rings. The Morgan fingerprint density at radius 3 is 2.65 bits per heavy atom. The third kappa shape index (κ3) is 2.31. The molecule has 1 aliphatic rings. The van der Waals surface area contributed by atoms with Gasteiger partial charge in [-0.2, -0.15) is 0 Å². The highest BCUT2D eigenvalue weighted by Crippen LogP contribution is 2.23. The first-order valence-electron chi connectivity index (χ1n) is 7.27. The molecule has 2 heterocycles. The van der Waals surface area contributed by atoms with Crippen LogP contribution in [0.3, 0.4) is 0 Å². The maximum absolute atomic E-state index is 11.1. The van der Waals surface area contributed by atoms with E-state index in [-0.39, 0.29) is 0 Å². The van der Waals surface area contributed by atoms with Gasteiger partial charge in [0, 0.05) is 24.3 Å². The summed E-state index contributed by atoms with van der Waals surface area (Å²) in [7, 11) is 0. The molecule has 0 spiro atoms. The average molecular weight is 272 g/mol. The monoisotopic (exact) mass is 272 g/mol. The Morgan fingerprint density at radius 1 is 1.25 bits per heavy atom. The minimum Gasteiger partial charge on any atom is -0.478 e. The van der Waals surface area contributed by atoms with Crippen LogP contribution < -0.4 is 0 Å². The van der Waals surface area contributed by atoms with Crippen LogP contribution in [0.2, 0.25) is 0 Å². The van der Waals surface area contributed by atoms with Crippen molar-refractivity contribution in [2.45, 2.75) is 32.9 Å². The van der Waals surface area contributed by atoms with Gasteiger partial charge in [0.1, 0.15) is 0 Å². The molecule has 0 bridgehead atoms. The number of hydrogen-bond donors (Lipinski definition) is 1. The molecule has 1 saturated heterocycles. The fraction of sp³-hybridized carbons (Fsp3) is 0.438. The fourth-order valence-corrected chi connectivity index (χ4v) is 3.12. The SMILES string of the molecule is CCn1c(CN2CCCC2)cc2ccc(C(=O)O)cc21. The number of hydrogen-bond acceptors (Lipinski definition) is 2. The molecule has 20 heavy (non-hydrogen) atoms. The standard InChI is InChI=1S/C16H20N2O2/c1-2-18-14(11-17-7-3-4-8-17)9-12-5-6-13(16(19)20)10-15(12)18/h5-6,9-10H,2-4,7-8,11H2,1H3,(H,19,20). The first-order valence-corrected chi connectivity index (χ1v) is 7.27. The highest BCUT2D eigenvalue weighted by atomic mass is 16.4. The van der Waals surface area contributed by atoms with E-state index in [1.807, 2.05) is 6.07 Å². The molecule has 106 valence electrons. The minimum atomic E-state index is -0.864. The largest absolute Gasteiger partial charge is 0.478 e. The number of rotatable bonds is 4. The molecule has 1 fully saturated rings. The van der Waals surface area contributed by atoms with Crippen molar-refractivity contribution in [1.29, 1.82) is 0 Å². The molecule has 1 aliphatic heterocycles. The molecule has 0 atom stereocenters. The van der Waals surface area contributed by atoms with Crippen LogP contribution in [0.4, 0.5) is 0 Å². The Balaban J connectivity index is 2.01. The molecule has 0 unspecified atom stereocenters. The summed E-state index contributed by atoms with van der Waals surface area (Å²) in [6.45, 7) is 6.29. The normalized spacial score (nSPS) is 16.1. The number of aryl methyl sites for hydroxylation is 1. The zero-order valence-corrected chi connectivity index (χ0v) is 11.8.